The largest absolute Gasteiger partial charge is 0.309 e. The van der Waals surface area contributed by atoms with Gasteiger partial charge in [-0.25, -0.2) is 0 Å². The van der Waals surface area contributed by atoms with Crippen LogP contribution in [0.15, 0.2) is 24.5 Å². The Hall–Kier alpha value is -1.40. The maximum Gasteiger partial charge on any atom is 0.0666 e. The van der Waals surface area contributed by atoms with Gasteiger partial charge in [0, 0.05) is 25.0 Å². The van der Waals surface area contributed by atoms with Gasteiger partial charge in [-0.15, -0.1) is 0 Å². The van der Waals surface area contributed by atoms with Crippen LogP contribution in [0.4, 0.5) is 0 Å². The lowest BCUT2D eigenvalue weighted by Gasteiger charge is -2.14. The van der Waals surface area contributed by atoms with Crippen LogP contribution in [0.3, 0.4) is 0 Å². The Morgan fingerprint density at radius 2 is 2.07 bits per heavy atom. The van der Waals surface area contributed by atoms with Gasteiger partial charge in [-0.2, -0.15) is 5.26 Å². The minimum Gasteiger partial charge on any atom is -0.309 e. The molecule has 0 bridgehead atoms. The van der Waals surface area contributed by atoms with Crippen molar-refractivity contribution in [2.24, 2.45) is 5.92 Å². The smallest absolute Gasteiger partial charge is 0.0666 e. The van der Waals surface area contributed by atoms with E-state index in [0.717, 1.165) is 6.54 Å². The summed E-state index contributed by atoms with van der Waals surface area (Å²) in [5, 5.41) is 11.9. The lowest BCUT2D eigenvalue weighted by atomic mass is 10.1. The van der Waals surface area contributed by atoms with Gasteiger partial charge in [0.15, 0.2) is 0 Å². The van der Waals surface area contributed by atoms with E-state index in [1.54, 1.807) is 12.4 Å². The third kappa shape index (κ3) is 3.15. The van der Waals surface area contributed by atoms with Crippen molar-refractivity contribution in [3.63, 3.8) is 0 Å². The minimum absolute atomic E-state index is 0.0549. The molecule has 1 rings (SSSR count). The highest BCUT2D eigenvalue weighted by atomic mass is 14.9. The van der Waals surface area contributed by atoms with Crippen LogP contribution in [0.5, 0.6) is 0 Å². The first-order valence-electron chi connectivity index (χ1n) is 4.77. The zero-order valence-electron chi connectivity index (χ0n) is 8.57. The standard InChI is InChI=1S/C11H15N3/c1-9(7-12)8-14-10(2)11-3-5-13-6-4-11/h3-6,9-10,14H,8H2,1-2H3/t9?,10-/m1/s1. The predicted octanol–water partition coefficient (Wildman–Crippen LogP) is 1.89. The molecule has 0 saturated carbocycles. The fraction of sp³-hybridized carbons (Fsp3) is 0.455. The van der Waals surface area contributed by atoms with Crippen LogP contribution in [0.1, 0.15) is 25.5 Å². The Morgan fingerprint density at radius 1 is 1.43 bits per heavy atom. The number of hydrogen-bond acceptors (Lipinski definition) is 3. The highest BCUT2D eigenvalue weighted by molar-refractivity contribution is 5.13. The third-order valence-electron chi connectivity index (χ3n) is 2.16. The number of nitrogens with zero attached hydrogens (tertiary/aromatic N) is 2. The number of nitriles is 1. The monoisotopic (exact) mass is 189 g/mol. The molecule has 1 heterocycles. The van der Waals surface area contributed by atoms with Gasteiger partial charge in [0.2, 0.25) is 0 Å². The summed E-state index contributed by atoms with van der Waals surface area (Å²) in [6.07, 6.45) is 3.56. The van der Waals surface area contributed by atoms with E-state index in [4.69, 9.17) is 5.26 Å². The molecule has 0 saturated heterocycles. The molecule has 3 nitrogen and oxygen atoms in total. The molecule has 0 amide bonds. The van der Waals surface area contributed by atoms with Crippen LogP contribution >= 0.6 is 0 Å². The maximum absolute atomic E-state index is 8.62. The molecule has 74 valence electrons. The molecule has 0 aliphatic heterocycles. The Bertz CT molecular complexity index is 302. The van der Waals surface area contributed by atoms with Gasteiger partial charge in [-0.3, -0.25) is 4.98 Å². The average Bonchev–Trinajstić information content (AvgIpc) is 2.26. The van der Waals surface area contributed by atoms with Crippen molar-refractivity contribution in [2.75, 3.05) is 6.54 Å². The second-order valence-corrected chi connectivity index (χ2v) is 3.44. The van der Waals surface area contributed by atoms with Gasteiger partial charge in [-0.1, -0.05) is 0 Å². The summed E-state index contributed by atoms with van der Waals surface area (Å²) in [6.45, 7) is 4.71. The molecule has 2 atom stereocenters. The summed E-state index contributed by atoms with van der Waals surface area (Å²) in [7, 11) is 0. The second-order valence-electron chi connectivity index (χ2n) is 3.44. The second kappa shape index (κ2) is 5.36. The molecule has 1 aromatic rings. The molecule has 0 spiro atoms. The van der Waals surface area contributed by atoms with E-state index in [1.165, 1.54) is 5.56 Å². The van der Waals surface area contributed by atoms with Crippen molar-refractivity contribution in [1.29, 1.82) is 5.26 Å². The lowest BCUT2D eigenvalue weighted by molar-refractivity contribution is 0.527. The Morgan fingerprint density at radius 3 is 2.64 bits per heavy atom. The Balaban J connectivity index is 2.44. The molecule has 14 heavy (non-hydrogen) atoms. The molecule has 0 fully saturated rings. The van der Waals surface area contributed by atoms with Gasteiger partial charge in [-0.05, 0) is 31.5 Å². The lowest BCUT2D eigenvalue weighted by Crippen LogP contribution is -2.23. The molecule has 1 aromatic heterocycles. The van der Waals surface area contributed by atoms with E-state index in [0.29, 0.717) is 0 Å². The van der Waals surface area contributed by atoms with Crippen molar-refractivity contribution < 1.29 is 0 Å². The number of nitrogens with one attached hydrogen (secondary N) is 1. The first-order valence-corrected chi connectivity index (χ1v) is 4.77. The Labute approximate surface area is 84.8 Å². The summed E-state index contributed by atoms with van der Waals surface area (Å²) in [5.74, 6) is 0.0549. The highest BCUT2D eigenvalue weighted by Gasteiger charge is 2.05. The summed E-state index contributed by atoms with van der Waals surface area (Å²) in [5.41, 5.74) is 1.20. The van der Waals surface area contributed by atoms with Crippen LogP contribution in [0, 0.1) is 17.2 Å². The summed E-state index contributed by atoms with van der Waals surface area (Å²) < 4.78 is 0. The minimum atomic E-state index is 0.0549. The van der Waals surface area contributed by atoms with Gasteiger partial charge < -0.3 is 5.32 Å². The van der Waals surface area contributed by atoms with E-state index in [9.17, 15) is 0 Å². The molecule has 0 aliphatic carbocycles. The molecule has 3 heteroatoms. The number of aromatic nitrogens is 1. The molecule has 1 unspecified atom stereocenters. The van der Waals surface area contributed by atoms with Crippen LogP contribution in [-0.2, 0) is 0 Å². The van der Waals surface area contributed by atoms with E-state index in [2.05, 4.69) is 23.3 Å². The van der Waals surface area contributed by atoms with Gasteiger partial charge in [0.25, 0.3) is 0 Å². The topological polar surface area (TPSA) is 48.7 Å². The number of hydrogen-bond donors (Lipinski definition) is 1. The zero-order valence-corrected chi connectivity index (χ0v) is 8.57. The quantitative estimate of drug-likeness (QED) is 0.786. The van der Waals surface area contributed by atoms with Gasteiger partial charge in [0.05, 0.1) is 12.0 Å². The van der Waals surface area contributed by atoms with Crippen molar-refractivity contribution in [3.8, 4) is 6.07 Å². The van der Waals surface area contributed by atoms with Crippen molar-refractivity contribution >= 4 is 0 Å². The zero-order chi connectivity index (χ0) is 10.4. The van der Waals surface area contributed by atoms with Gasteiger partial charge in [0.1, 0.15) is 0 Å². The first kappa shape index (κ1) is 10.7. The van der Waals surface area contributed by atoms with E-state index >= 15 is 0 Å². The molecular formula is C11H15N3. The molecule has 0 aromatic carbocycles. The van der Waals surface area contributed by atoms with E-state index in [-0.39, 0.29) is 12.0 Å². The van der Waals surface area contributed by atoms with Crippen molar-refractivity contribution in [2.45, 2.75) is 19.9 Å². The third-order valence-corrected chi connectivity index (χ3v) is 2.16. The Kier molecular flexibility index (Phi) is 4.09. The SMILES string of the molecule is CC(C#N)CN[C@H](C)c1ccncc1. The summed E-state index contributed by atoms with van der Waals surface area (Å²) in [4.78, 5) is 3.96. The molecule has 0 radical (unpaired) electrons. The maximum atomic E-state index is 8.62. The number of rotatable bonds is 4. The van der Waals surface area contributed by atoms with Gasteiger partial charge >= 0.3 is 0 Å². The van der Waals surface area contributed by atoms with Crippen LogP contribution in [-0.4, -0.2) is 11.5 Å². The molecule has 1 N–H and O–H groups in total. The first-order chi connectivity index (χ1) is 6.74. The van der Waals surface area contributed by atoms with Crippen molar-refractivity contribution in [1.82, 2.24) is 10.3 Å². The summed E-state index contributed by atoms with van der Waals surface area (Å²) >= 11 is 0. The predicted molar refractivity (Wildman–Crippen MR) is 55.4 cm³/mol. The average molecular weight is 189 g/mol. The molecule has 0 aliphatic rings. The van der Waals surface area contributed by atoms with Crippen LogP contribution in [0.25, 0.3) is 0 Å². The van der Waals surface area contributed by atoms with Crippen LogP contribution < -0.4 is 5.32 Å². The fourth-order valence-electron chi connectivity index (χ4n) is 1.17. The molecular weight excluding hydrogens is 174 g/mol. The van der Waals surface area contributed by atoms with Crippen LogP contribution in [0.2, 0.25) is 0 Å². The van der Waals surface area contributed by atoms with Crippen molar-refractivity contribution in [3.05, 3.63) is 30.1 Å². The van der Waals surface area contributed by atoms with E-state index < -0.39 is 0 Å². The van der Waals surface area contributed by atoms with E-state index in [1.807, 2.05) is 19.1 Å². The highest BCUT2D eigenvalue weighted by Crippen LogP contribution is 2.10. The fourth-order valence-corrected chi connectivity index (χ4v) is 1.17. The normalized spacial score (nSPS) is 14.4. The number of pyridine rings is 1. The summed E-state index contributed by atoms with van der Waals surface area (Å²) in [6, 6.07) is 6.43.